The van der Waals surface area contributed by atoms with E-state index in [1.807, 2.05) is 85.5 Å². The molecule has 0 N–H and O–H groups in total. The van der Waals surface area contributed by atoms with Crippen LogP contribution in [0.1, 0.15) is 36.8 Å². The third-order valence-electron chi connectivity index (χ3n) is 5.95. The third-order valence-corrected chi connectivity index (χ3v) is 5.95. The molecule has 2 atom stereocenters. The first-order valence-electron chi connectivity index (χ1n) is 11.7. The quantitative estimate of drug-likeness (QED) is 0.369. The van der Waals surface area contributed by atoms with Crippen LogP contribution in [0.2, 0.25) is 0 Å². The molecule has 6 heteroatoms. The summed E-state index contributed by atoms with van der Waals surface area (Å²) in [5, 5.41) is 0. The molecule has 0 amide bonds. The van der Waals surface area contributed by atoms with Crippen LogP contribution in [-0.4, -0.2) is 44.4 Å². The van der Waals surface area contributed by atoms with Crippen LogP contribution in [0.5, 0.6) is 0 Å². The fourth-order valence-electron chi connectivity index (χ4n) is 4.10. The lowest BCUT2D eigenvalue weighted by molar-refractivity contribution is 0.390. The molecule has 0 radical (unpaired) electrons. The van der Waals surface area contributed by atoms with Gasteiger partial charge >= 0.3 is 0 Å². The molecule has 1 saturated carbocycles. The maximum Gasteiger partial charge on any atom is 0.0886 e. The first-order valence-corrected chi connectivity index (χ1v) is 11.7. The van der Waals surface area contributed by atoms with Gasteiger partial charge in [-0.2, -0.15) is 0 Å². The zero-order valence-electron chi connectivity index (χ0n) is 18.9. The highest BCUT2D eigenvalue weighted by molar-refractivity contribution is 5.81. The molecule has 4 aromatic rings. The molecule has 0 spiro atoms. The zero-order valence-corrected chi connectivity index (χ0v) is 18.9. The lowest BCUT2D eigenvalue weighted by atomic mass is 9.91. The Labute approximate surface area is 199 Å². The van der Waals surface area contributed by atoms with E-state index >= 15 is 0 Å². The number of aliphatic imine (C=N–C) groups is 2. The van der Waals surface area contributed by atoms with Gasteiger partial charge in [0.2, 0.25) is 0 Å². The summed E-state index contributed by atoms with van der Waals surface area (Å²) >= 11 is 0. The molecule has 0 aliphatic heterocycles. The topological polar surface area (TPSA) is 76.3 Å². The monoisotopic (exact) mass is 446 g/mol. The second-order valence-electron chi connectivity index (χ2n) is 8.36. The van der Waals surface area contributed by atoms with Gasteiger partial charge in [0.1, 0.15) is 0 Å². The fourth-order valence-corrected chi connectivity index (χ4v) is 4.10. The van der Waals surface area contributed by atoms with Crippen molar-refractivity contribution in [3.05, 3.63) is 96.6 Å². The van der Waals surface area contributed by atoms with Gasteiger partial charge in [0.25, 0.3) is 0 Å². The molecule has 1 aliphatic rings. The van der Waals surface area contributed by atoms with Gasteiger partial charge in [-0.3, -0.25) is 29.9 Å². The standard InChI is InChI=1S/C28H26N6/c1-2-8-26(32-18-22-12-14-28(34-20-22)24-10-4-6-16-30-24)25(7-1)31-17-21-11-13-27(33-19-21)23-9-3-5-15-29-23/h3-6,9-20,25-26H,1-2,7-8H2/t25-,26-/m0/s1. The van der Waals surface area contributed by atoms with E-state index < -0.39 is 0 Å². The number of aromatic nitrogens is 4. The summed E-state index contributed by atoms with van der Waals surface area (Å²) in [7, 11) is 0. The number of hydrogen-bond acceptors (Lipinski definition) is 6. The number of rotatable bonds is 6. The summed E-state index contributed by atoms with van der Waals surface area (Å²) < 4.78 is 0. The normalized spacial score (nSPS) is 18.5. The minimum atomic E-state index is 0.182. The third kappa shape index (κ3) is 5.46. The average Bonchev–Trinajstić information content (AvgIpc) is 2.93. The molecular weight excluding hydrogens is 420 g/mol. The van der Waals surface area contributed by atoms with Gasteiger partial charge in [0, 0.05) is 48.3 Å². The van der Waals surface area contributed by atoms with E-state index in [1.54, 1.807) is 12.4 Å². The number of nitrogens with zero attached hydrogens (tertiary/aromatic N) is 6. The van der Waals surface area contributed by atoms with Crippen LogP contribution in [0.25, 0.3) is 22.8 Å². The van der Waals surface area contributed by atoms with Gasteiger partial charge in [-0.25, -0.2) is 0 Å². The van der Waals surface area contributed by atoms with Crippen molar-refractivity contribution in [2.24, 2.45) is 9.98 Å². The Morgan fingerprint density at radius 3 is 1.41 bits per heavy atom. The van der Waals surface area contributed by atoms with Gasteiger partial charge in [0.15, 0.2) is 0 Å². The maximum absolute atomic E-state index is 4.89. The summed E-state index contributed by atoms with van der Waals surface area (Å²) in [5.41, 5.74) is 5.44. The highest BCUT2D eigenvalue weighted by atomic mass is 14.9. The highest BCUT2D eigenvalue weighted by Crippen LogP contribution is 2.24. The van der Waals surface area contributed by atoms with Crippen LogP contribution in [0, 0.1) is 0 Å². The fraction of sp³-hybridized carbons (Fsp3) is 0.214. The minimum absolute atomic E-state index is 0.182. The SMILES string of the molecule is C(=N[C@H]1CCCC[C@@H]1N=Cc1ccc(-c2ccccn2)nc1)c1ccc(-c2ccccn2)nc1. The molecule has 4 aromatic heterocycles. The van der Waals surface area contributed by atoms with Crippen LogP contribution in [0.4, 0.5) is 0 Å². The second-order valence-corrected chi connectivity index (χ2v) is 8.36. The van der Waals surface area contributed by atoms with E-state index in [1.165, 1.54) is 12.8 Å². The van der Waals surface area contributed by atoms with E-state index in [4.69, 9.17) is 9.98 Å². The largest absolute Gasteiger partial charge is 0.287 e. The molecule has 5 rings (SSSR count). The van der Waals surface area contributed by atoms with Crippen molar-refractivity contribution in [3.63, 3.8) is 0 Å². The molecule has 168 valence electrons. The first-order chi connectivity index (χ1) is 16.8. The average molecular weight is 447 g/mol. The summed E-state index contributed by atoms with van der Waals surface area (Å²) in [6.45, 7) is 0. The highest BCUT2D eigenvalue weighted by Gasteiger charge is 2.23. The van der Waals surface area contributed by atoms with Crippen LogP contribution in [0.3, 0.4) is 0 Å². The molecule has 4 heterocycles. The summed E-state index contributed by atoms with van der Waals surface area (Å²) in [6.07, 6.45) is 15.6. The maximum atomic E-state index is 4.89. The summed E-state index contributed by atoms with van der Waals surface area (Å²) in [4.78, 5) is 27.6. The van der Waals surface area contributed by atoms with E-state index in [0.29, 0.717) is 0 Å². The summed E-state index contributed by atoms with van der Waals surface area (Å²) in [5.74, 6) is 0. The first kappa shape index (κ1) is 21.8. The van der Waals surface area contributed by atoms with Crippen molar-refractivity contribution >= 4 is 12.4 Å². The van der Waals surface area contributed by atoms with Crippen molar-refractivity contribution in [1.82, 2.24) is 19.9 Å². The Morgan fingerprint density at radius 1 is 0.559 bits per heavy atom. The summed E-state index contributed by atoms with van der Waals surface area (Å²) in [6, 6.07) is 20.1. The lowest BCUT2D eigenvalue weighted by Gasteiger charge is -2.25. The Balaban J connectivity index is 1.24. The molecule has 6 nitrogen and oxygen atoms in total. The zero-order chi connectivity index (χ0) is 23.0. The van der Waals surface area contributed by atoms with Crippen LogP contribution in [0.15, 0.2) is 95.4 Å². The van der Waals surface area contributed by atoms with Crippen molar-refractivity contribution in [3.8, 4) is 22.8 Å². The molecule has 0 bridgehead atoms. The number of pyridine rings is 4. The molecule has 1 fully saturated rings. The van der Waals surface area contributed by atoms with E-state index in [2.05, 4.69) is 19.9 Å². The molecule has 0 unspecified atom stereocenters. The molecule has 0 aromatic carbocycles. The molecule has 0 saturated heterocycles. The van der Waals surface area contributed by atoms with Crippen LogP contribution >= 0.6 is 0 Å². The predicted molar refractivity (Wildman–Crippen MR) is 136 cm³/mol. The van der Waals surface area contributed by atoms with E-state index in [-0.39, 0.29) is 12.1 Å². The molecule has 34 heavy (non-hydrogen) atoms. The van der Waals surface area contributed by atoms with Gasteiger partial charge in [-0.15, -0.1) is 0 Å². The molecular formula is C28H26N6. The van der Waals surface area contributed by atoms with Crippen LogP contribution in [-0.2, 0) is 0 Å². The second kappa shape index (κ2) is 10.7. The van der Waals surface area contributed by atoms with Crippen LogP contribution < -0.4 is 0 Å². The minimum Gasteiger partial charge on any atom is -0.287 e. The number of hydrogen-bond donors (Lipinski definition) is 0. The molecule has 1 aliphatic carbocycles. The van der Waals surface area contributed by atoms with Gasteiger partial charge < -0.3 is 0 Å². The lowest BCUT2D eigenvalue weighted by Crippen LogP contribution is -2.27. The van der Waals surface area contributed by atoms with Gasteiger partial charge in [0.05, 0.1) is 34.9 Å². The van der Waals surface area contributed by atoms with Crippen molar-refractivity contribution in [2.45, 2.75) is 37.8 Å². The van der Waals surface area contributed by atoms with E-state index in [0.717, 1.165) is 46.7 Å². The van der Waals surface area contributed by atoms with Crippen molar-refractivity contribution in [1.29, 1.82) is 0 Å². The van der Waals surface area contributed by atoms with Gasteiger partial charge in [-0.1, -0.05) is 25.0 Å². The van der Waals surface area contributed by atoms with E-state index in [9.17, 15) is 0 Å². The van der Waals surface area contributed by atoms with Crippen molar-refractivity contribution in [2.75, 3.05) is 0 Å². The Morgan fingerprint density at radius 2 is 1.03 bits per heavy atom. The van der Waals surface area contributed by atoms with Crippen molar-refractivity contribution < 1.29 is 0 Å². The Kier molecular flexibility index (Phi) is 6.85. The predicted octanol–water partition coefficient (Wildman–Crippen LogP) is 5.45. The smallest absolute Gasteiger partial charge is 0.0886 e. The Bertz CT molecular complexity index is 1130. The Hall–Kier alpha value is -4.06. The van der Waals surface area contributed by atoms with Gasteiger partial charge in [-0.05, 0) is 61.4 Å².